The Morgan fingerprint density at radius 2 is 1.92 bits per heavy atom. The molecule has 0 N–H and O–H groups in total. The predicted octanol–water partition coefficient (Wildman–Crippen LogP) is 1.65. The second-order valence-corrected chi connectivity index (χ2v) is 5.94. The molecule has 74 valence electrons. The van der Waals surface area contributed by atoms with Gasteiger partial charge in [0.2, 0.25) is 0 Å². The van der Waals surface area contributed by atoms with Gasteiger partial charge in [-0.05, 0) is 19.3 Å². The summed E-state index contributed by atoms with van der Waals surface area (Å²) in [7, 11) is -2.88. The Labute approximate surface area is 79.7 Å². The number of nitrogens with zero attached hydrogens (tertiary/aromatic N) is 1. The van der Waals surface area contributed by atoms with Gasteiger partial charge in [-0.1, -0.05) is 12.8 Å². The number of nitriles is 1. The number of unbranched alkanes of at least 4 members (excludes halogenated alkanes) is 1. The second-order valence-electron chi connectivity index (χ2n) is 3.54. The van der Waals surface area contributed by atoms with Crippen molar-refractivity contribution in [2.45, 2.75) is 43.8 Å². The van der Waals surface area contributed by atoms with Gasteiger partial charge in [-0.25, -0.2) is 8.42 Å². The Balaban J connectivity index is 2.41. The third-order valence-electron chi connectivity index (χ3n) is 2.53. The van der Waals surface area contributed by atoms with Crippen molar-refractivity contribution in [1.82, 2.24) is 0 Å². The molecule has 0 saturated heterocycles. The van der Waals surface area contributed by atoms with Crippen molar-refractivity contribution >= 4 is 9.84 Å². The summed E-state index contributed by atoms with van der Waals surface area (Å²) in [4.78, 5) is 0. The van der Waals surface area contributed by atoms with Crippen LogP contribution in [0, 0.1) is 11.3 Å². The first-order valence-electron chi connectivity index (χ1n) is 4.75. The molecule has 3 nitrogen and oxygen atoms in total. The maximum atomic E-state index is 11.6. The van der Waals surface area contributed by atoms with Crippen LogP contribution in [0.1, 0.15) is 38.5 Å². The van der Waals surface area contributed by atoms with E-state index in [2.05, 4.69) is 0 Å². The van der Waals surface area contributed by atoms with Crippen LogP contribution in [0.4, 0.5) is 0 Å². The van der Waals surface area contributed by atoms with Crippen LogP contribution in [0.2, 0.25) is 0 Å². The number of sulfone groups is 1. The topological polar surface area (TPSA) is 57.9 Å². The Kier molecular flexibility index (Phi) is 3.73. The van der Waals surface area contributed by atoms with E-state index in [1.165, 1.54) is 0 Å². The summed E-state index contributed by atoms with van der Waals surface area (Å²) < 4.78 is 23.2. The van der Waals surface area contributed by atoms with Crippen molar-refractivity contribution in [3.05, 3.63) is 0 Å². The van der Waals surface area contributed by atoms with E-state index in [4.69, 9.17) is 5.26 Å². The van der Waals surface area contributed by atoms with Crippen LogP contribution in [0.3, 0.4) is 0 Å². The van der Waals surface area contributed by atoms with Gasteiger partial charge < -0.3 is 0 Å². The highest BCUT2D eigenvalue weighted by molar-refractivity contribution is 7.92. The van der Waals surface area contributed by atoms with Crippen molar-refractivity contribution in [2.24, 2.45) is 0 Å². The molecule has 0 aromatic heterocycles. The maximum absolute atomic E-state index is 11.6. The van der Waals surface area contributed by atoms with Crippen LogP contribution >= 0.6 is 0 Å². The van der Waals surface area contributed by atoms with Gasteiger partial charge in [0.25, 0.3) is 0 Å². The summed E-state index contributed by atoms with van der Waals surface area (Å²) in [6.07, 6.45) is 4.59. The van der Waals surface area contributed by atoms with Gasteiger partial charge in [-0.3, -0.25) is 0 Å². The average Bonchev–Trinajstić information content (AvgIpc) is 2.56. The first-order valence-corrected chi connectivity index (χ1v) is 6.47. The number of rotatable bonds is 4. The number of hydrogen-bond acceptors (Lipinski definition) is 3. The third-order valence-corrected chi connectivity index (χ3v) is 4.87. The van der Waals surface area contributed by atoms with Gasteiger partial charge in [0, 0.05) is 6.42 Å². The van der Waals surface area contributed by atoms with Crippen LogP contribution in [-0.2, 0) is 9.84 Å². The van der Waals surface area contributed by atoms with Gasteiger partial charge in [0.15, 0.2) is 9.84 Å². The molecule has 1 aliphatic carbocycles. The molecule has 1 rings (SSSR count). The molecule has 0 amide bonds. The molecule has 0 radical (unpaired) electrons. The summed E-state index contributed by atoms with van der Waals surface area (Å²) in [5.41, 5.74) is 0. The molecule has 1 fully saturated rings. The molecule has 0 heterocycles. The van der Waals surface area contributed by atoms with E-state index in [-0.39, 0.29) is 11.0 Å². The summed E-state index contributed by atoms with van der Waals surface area (Å²) >= 11 is 0. The molecule has 0 aliphatic heterocycles. The third kappa shape index (κ3) is 3.00. The minimum Gasteiger partial charge on any atom is -0.229 e. The van der Waals surface area contributed by atoms with E-state index in [1.54, 1.807) is 0 Å². The van der Waals surface area contributed by atoms with Gasteiger partial charge in [-0.2, -0.15) is 5.26 Å². The lowest BCUT2D eigenvalue weighted by molar-refractivity contribution is 0.577. The largest absolute Gasteiger partial charge is 0.229 e. The SMILES string of the molecule is N#CCCCS(=O)(=O)C1CCCC1. The van der Waals surface area contributed by atoms with Crippen molar-refractivity contribution < 1.29 is 8.42 Å². The highest BCUT2D eigenvalue weighted by Gasteiger charge is 2.27. The van der Waals surface area contributed by atoms with E-state index >= 15 is 0 Å². The minimum atomic E-state index is -2.88. The Morgan fingerprint density at radius 1 is 1.31 bits per heavy atom. The summed E-state index contributed by atoms with van der Waals surface area (Å²) in [5.74, 6) is 0.200. The summed E-state index contributed by atoms with van der Waals surface area (Å²) in [6.45, 7) is 0. The molecule has 0 aromatic carbocycles. The number of hydrogen-bond donors (Lipinski definition) is 0. The minimum absolute atomic E-state index is 0.105. The fraction of sp³-hybridized carbons (Fsp3) is 0.889. The average molecular weight is 201 g/mol. The fourth-order valence-corrected chi connectivity index (χ4v) is 3.70. The van der Waals surface area contributed by atoms with E-state index in [0.29, 0.717) is 12.8 Å². The molecular weight excluding hydrogens is 186 g/mol. The smallest absolute Gasteiger partial charge is 0.153 e. The highest BCUT2D eigenvalue weighted by Crippen LogP contribution is 2.25. The molecule has 0 spiro atoms. The zero-order valence-electron chi connectivity index (χ0n) is 7.70. The normalized spacial score (nSPS) is 18.7. The Bertz CT molecular complexity index is 283. The van der Waals surface area contributed by atoms with E-state index in [9.17, 15) is 8.42 Å². The molecule has 13 heavy (non-hydrogen) atoms. The fourth-order valence-electron chi connectivity index (χ4n) is 1.77. The zero-order valence-corrected chi connectivity index (χ0v) is 8.52. The zero-order chi connectivity index (χ0) is 9.73. The van der Waals surface area contributed by atoms with Gasteiger partial charge in [-0.15, -0.1) is 0 Å². The van der Waals surface area contributed by atoms with E-state index in [1.807, 2.05) is 6.07 Å². The molecule has 0 bridgehead atoms. The summed E-state index contributed by atoms with van der Waals surface area (Å²) in [5, 5.41) is 8.18. The molecular formula is C9H15NO2S. The molecule has 0 atom stereocenters. The van der Waals surface area contributed by atoms with Crippen LogP contribution in [0.15, 0.2) is 0 Å². The quantitative estimate of drug-likeness (QED) is 0.650. The van der Waals surface area contributed by atoms with E-state index in [0.717, 1.165) is 25.7 Å². The first-order chi connectivity index (χ1) is 6.17. The van der Waals surface area contributed by atoms with E-state index < -0.39 is 9.84 Å². The standard InChI is InChI=1S/C9H15NO2S/c10-7-3-4-8-13(11,12)9-5-1-2-6-9/h9H,1-6,8H2. The monoisotopic (exact) mass is 201 g/mol. The predicted molar refractivity (Wildman–Crippen MR) is 50.9 cm³/mol. The van der Waals surface area contributed by atoms with Gasteiger partial charge in [0.05, 0.1) is 17.1 Å². The molecule has 4 heteroatoms. The Hall–Kier alpha value is -0.560. The molecule has 1 aliphatic rings. The highest BCUT2D eigenvalue weighted by atomic mass is 32.2. The van der Waals surface area contributed by atoms with Crippen molar-refractivity contribution in [3.63, 3.8) is 0 Å². The van der Waals surface area contributed by atoms with Crippen molar-refractivity contribution in [3.8, 4) is 6.07 Å². The van der Waals surface area contributed by atoms with Crippen LogP contribution in [0.5, 0.6) is 0 Å². The Morgan fingerprint density at radius 3 is 2.46 bits per heavy atom. The van der Waals surface area contributed by atoms with Gasteiger partial charge in [0.1, 0.15) is 0 Å². The van der Waals surface area contributed by atoms with Crippen LogP contribution in [0.25, 0.3) is 0 Å². The van der Waals surface area contributed by atoms with Crippen LogP contribution < -0.4 is 0 Å². The molecule has 1 saturated carbocycles. The van der Waals surface area contributed by atoms with Crippen molar-refractivity contribution in [1.29, 1.82) is 5.26 Å². The molecule has 0 aromatic rings. The first kappa shape index (κ1) is 10.5. The second kappa shape index (κ2) is 4.61. The van der Waals surface area contributed by atoms with Gasteiger partial charge >= 0.3 is 0 Å². The summed E-state index contributed by atoms with van der Waals surface area (Å²) in [6, 6.07) is 1.97. The van der Waals surface area contributed by atoms with Crippen LogP contribution in [-0.4, -0.2) is 19.4 Å². The van der Waals surface area contributed by atoms with Crippen molar-refractivity contribution in [2.75, 3.05) is 5.75 Å². The maximum Gasteiger partial charge on any atom is 0.153 e. The molecule has 0 unspecified atom stereocenters. The lowest BCUT2D eigenvalue weighted by atomic mass is 10.4. The lowest BCUT2D eigenvalue weighted by Gasteiger charge is -2.09. The lowest BCUT2D eigenvalue weighted by Crippen LogP contribution is -2.20.